The number of amides is 1. The Morgan fingerprint density at radius 3 is 2.94 bits per heavy atom. The van der Waals surface area contributed by atoms with Crippen LogP contribution >= 0.6 is 0 Å². The zero-order valence-electron chi connectivity index (χ0n) is 9.11. The number of terminal acetylenes is 1. The molecule has 0 aromatic heterocycles. The molecule has 1 amide bonds. The van der Waals surface area contributed by atoms with Gasteiger partial charge in [-0.15, -0.1) is 6.42 Å². The molecule has 88 valence electrons. The Balaban J connectivity index is 2.37. The summed E-state index contributed by atoms with van der Waals surface area (Å²) in [5.74, 6) is 1.36. The quantitative estimate of drug-likeness (QED) is 0.628. The number of aliphatic carboxylic acids is 1. The minimum absolute atomic E-state index is 0.0194. The lowest BCUT2D eigenvalue weighted by molar-refractivity contribution is -0.138. The van der Waals surface area contributed by atoms with Crippen molar-refractivity contribution in [3.8, 4) is 12.3 Å². The summed E-state index contributed by atoms with van der Waals surface area (Å²) in [7, 11) is 0. The minimum atomic E-state index is -0.819. The fourth-order valence-electron chi connectivity index (χ4n) is 1.93. The zero-order valence-corrected chi connectivity index (χ0v) is 9.11. The van der Waals surface area contributed by atoms with Crippen LogP contribution in [0, 0.1) is 12.3 Å². The highest BCUT2D eigenvalue weighted by molar-refractivity contribution is 5.78. The molecule has 16 heavy (non-hydrogen) atoms. The van der Waals surface area contributed by atoms with E-state index in [-0.39, 0.29) is 31.5 Å². The molecule has 0 radical (unpaired) electrons. The predicted molar refractivity (Wildman–Crippen MR) is 58.7 cm³/mol. The van der Waals surface area contributed by atoms with E-state index in [1.165, 1.54) is 0 Å². The number of rotatable bonds is 5. The lowest BCUT2D eigenvalue weighted by atomic mass is 10.1. The van der Waals surface area contributed by atoms with Gasteiger partial charge >= 0.3 is 5.97 Å². The molecule has 1 rings (SSSR count). The number of likely N-dealkylation sites (tertiary alicyclic amines) is 1. The third kappa shape index (κ3) is 3.91. The van der Waals surface area contributed by atoms with Gasteiger partial charge in [0.15, 0.2) is 0 Å². The van der Waals surface area contributed by atoms with Gasteiger partial charge < -0.3 is 10.4 Å². The summed E-state index contributed by atoms with van der Waals surface area (Å²) in [5, 5.41) is 11.3. The van der Waals surface area contributed by atoms with Crippen LogP contribution in [0.4, 0.5) is 0 Å². The average Bonchev–Trinajstić information content (AvgIpc) is 2.62. The second-order valence-electron chi connectivity index (χ2n) is 3.85. The molecular weight excluding hydrogens is 208 g/mol. The molecule has 0 saturated carbocycles. The molecule has 1 heterocycles. The van der Waals surface area contributed by atoms with E-state index in [1.807, 2.05) is 4.90 Å². The van der Waals surface area contributed by atoms with Gasteiger partial charge in [0.2, 0.25) is 5.91 Å². The summed E-state index contributed by atoms with van der Waals surface area (Å²) in [5.41, 5.74) is 0. The molecule has 0 spiro atoms. The monoisotopic (exact) mass is 224 g/mol. The van der Waals surface area contributed by atoms with E-state index in [0.29, 0.717) is 0 Å². The van der Waals surface area contributed by atoms with Gasteiger partial charge in [0, 0.05) is 6.04 Å². The first-order valence-corrected chi connectivity index (χ1v) is 5.29. The van der Waals surface area contributed by atoms with Crippen LogP contribution in [0.3, 0.4) is 0 Å². The number of carboxylic acid groups (broad SMARTS) is 1. The lowest BCUT2D eigenvalue weighted by Gasteiger charge is -2.22. The Morgan fingerprint density at radius 1 is 1.56 bits per heavy atom. The first kappa shape index (κ1) is 12.5. The highest BCUT2D eigenvalue weighted by Gasteiger charge is 2.27. The van der Waals surface area contributed by atoms with E-state index >= 15 is 0 Å². The van der Waals surface area contributed by atoms with Crippen LogP contribution in [0.1, 0.15) is 19.3 Å². The molecule has 1 unspecified atom stereocenters. The first-order valence-electron chi connectivity index (χ1n) is 5.29. The maximum absolute atomic E-state index is 11.4. The molecular formula is C11H16N2O3. The summed E-state index contributed by atoms with van der Waals surface area (Å²) in [6.07, 6.45) is 6.91. The lowest BCUT2D eigenvalue weighted by Crippen LogP contribution is -2.40. The van der Waals surface area contributed by atoms with E-state index in [1.54, 1.807) is 0 Å². The Bertz CT molecular complexity index is 309. The minimum Gasteiger partial charge on any atom is -0.481 e. The highest BCUT2D eigenvalue weighted by atomic mass is 16.4. The second kappa shape index (κ2) is 6.13. The number of hydrogen-bond acceptors (Lipinski definition) is 3. The van der Waals surface area contributed by atoms with Crippen molar-refractivity contribution in [3.05, 3.63) is 0 Å². The molecule has 1 saturated heterocycles. The van der Waals surface area contributed by atoms with Crippen molar-refractivity contribution in [2.24, 2.45) is 0 Å². The van der Waals surface area contributed by atoms with Crippen LogP contribution < -0.4 is 5.32 Å². The van der Waals surface area contributed by atoms with Crippen molar-refractivity contribution in [2.45, 2.75) is 25.3 Å². The van der Waals surface area contributed by atoms with Crippen LogP contribution in [-0.4, -0.2) is 47.6 Å². The van der Waals surface area contributed by atoms with Gasteiger partial charge in [-0.2, -0.15) is 0 Å². The molecule has 5 nitrogen and oxygen atoms in total. The maximum atomic E-state index is 11.4. The van der Waals surface area contributed by atoms with Crippen LogP contribution in [-0.2, 0) is 9.59 Å². The van der Waals surface area contributed by atoms with Gasteiger partial charge in [-0.05, 0) is 19.4 Å². The molecule has 1 atom stereocenters. The van der Waals surface area contributed by atoms with Crippen molar-refractivity contribution in [1.82, 2.24) is 10.2 Å². The molecule has 2 N–H and O–H groups in total. The largest absolute Gasteiger partial charge is 0.481 e. The fourth-order valence-corrected chi connectivity index (χ4v) is 1.93. The van der Waals surface area contributed by atoms with Crippen LogP contribution in [0.15, 0.2) is 0 Å². The van der Waals surface area contributed by atoms with Crippen LogP contribution in [0.5, 0.6) is 0 Å². The normalized spacial score (nSPS) is 20.3. The molecule has 1 fully saturated rings. The molecule has 0 bridgehead atoms. The van der Waals surface area contributed by atoms with Gasteiger partial charge in [-0.1, -0.05) is 5.92 Å². The van der Waals surface area contributed by atoms with E-state index in [2.05, 4.69) is 11.2 Å². The molecule has 0 aliphatic carbocycles. The standard InChI is InChI=1S/C11H16N2O3/c1-2-5-12-10(14)8-13-6-3-4-9(13)7-11(15)16/h1,9H,3-8H2,(H,12,14)(H,15,16). The van der Waals surface area contributed by atoms with Crippen LogP contribution in [0.25, 0.3) is 0 Å². The summed E-state index contributed by atoms with van der Waals surface area (Å²) < 4.78 is 0. The number of nitrogens with one attached hydrogen (secondary N) is 1. The number of hydrogen-bond donors (Lipinski definition) is 2. The maximum Gasteiger partial charge on any atom is 0.304 e. The van der Waals surface area contributed by atoms with Crippen molar-refractivity contribution in [2.75, 3.05) is 19.6 Å². The van der Waals surface area contributed by atoms with Crippen LogP contribution in [0.2, 0.25) is 0 Å². The molecule has 5 heteroatoms. The Labute approximate surface area is 94.8 Å². The first-order chi connectivity index (χ1) is 7.63. The van der Waals surface area contributed by atoms with E-state index < -0.39 is 5.97 Å². The van der Waals surface area contributed by atoms with Gasteiger partial charge in [0.25, 0.3) is 0 Å². The smallest absolute Gasteiger partial charge is 0.304 e. The van der Waals surface area contributed by atoms with Crippen molar-refractivity contribution >= 4 is 11.9 Å². The Kier molecular flexibility index (Phi) is 4.80. The second-order valence-corrected chi connectivity index (χ2v) is 3.85. The highest BCUT2D eigenvalue weighted by Crippen LogP contribution is 2.19. The fraction of sp³-hybridized carbons (Fsp3) is 0.636. The van der Waals surface area contributed by atoms with E-state index in [9.17, 15) is 9.59 Å². The number of carbonyl (C=O) groups excluding carboxylic acids is 1. The van der Waals surface area contributed by atoms with Gasteiger partial charge in [-0.25, -0.2) is 0 Å². The number of carbonyl (C=O) groups is 2. The third-order valence-electron chi connectivity index (χ3n) is 2.64. The summed E-state index contributed by atoms with van der Waals surface area (Å²) in [6.45, 7) is 1.23. The SMILES string of the molecule is C#CCNC(=O)CN1CCCC1CC(=O)O. The molecule has 1 aliphatic heterocycles. The topological polar surface area (TPSA) is 69.6 Å². The van der Waals surface area contributed by atoms with E-state index in [4.69, 9.17) is 11.5 Å². The zero-order chi connectivity index (χ0) is 12.0. The summed E-state index contributed by atoms with van der Waals surface area (Å²) in [6, 6.07) is -0.0194. The van der Waals surface area contributed by atoms with Gasteiger partial charge in [0.05, 0.1) is 19.5 Å². The average molecular weight is 224 g/mol. The van der Waals surface area contributed by atoms with Gasteiger partial charge in [-0.3, -0.25) is 14.5 Å². The molecule has 0 aromatic rings. The van der Waals surface area contributed by atoms with Crippen molar-refractivity contribution < 1.29 is 14.7 Å². The third-order valence-corrected chi connectivity index (χ3v) is 2.64. The number of nitrogens with zero attached hydrogens (tertiary/aromatic N) is 1. The predicted octanol–water partition coefficient (Wildman–Crippen LogP) is -0.325. The van der Waals surface area contributed by atoms with Crippen molar-refractivity contribution in [3.63, 3.8) is 0 Å². The summed E-state index contributed by atoms with van der Waals surface area (Å²) >= 11 is 0. The Hall–Kier alpha value is -1.54. The molecule has 0 aromatic carbocycles. The number of carboxylic acids is 1. The molecule has 1 aliphatic rings. The summed E-state index contributed by atoms with van der Waals surface area (Å²) in [4.78, 5) is 23.9. The van der Waals surface area contributed by atoms with Gasteiger partial charge in [0.1, 0.15) is 0 Å². The Morgan fingerprint density at radius 2 is 2.31 bits per heavy atom. The van der Waals surface area contributed by atoms with Crippen molar-refractivity contribution in [1.29, 1.82) is 0 Å². The van der Waals surface area contributed by atoms with E-state index in [0.717, 1.165) is 19.4 Å².